The van der Waals surface area contributed by atoms with Crippen LogP contribution < -0.4 is 9.47 Å². The Morgan fingerprint density at radius 2 is 2.22 bits per heavy atom. The van der Waals surface area contributed by atoms with E-state index in [1.807, 2.05) is 12.1 Å². The monoisotopic (exact) mass is 315 g/mol. The molecule has 2 unspecified atom stereocenters. The summed E-state index contributed by atoms with van der Waals surface area (Å²) < 4.78 is 11.7. The standard InChI is InChI=1S/C18H21NO4/c1-19-8-7-17-14-10-3-4-12(22-2)15(14)23-16(17)11(20)5-6-18(17,21)13(19)9-10/h3-6,11,13,16,20-21H,7-9H2,1-2H3/t11?,13-,16+,17+,18?/m1/s1. The van der Waals surface area contributed by atoms with Crippen molar-refractivity contribution in [1.82, 2.24) is 4.90 Å². The van der Waals surface area contributed by atoms with Crippen LogP contribution in [-0.2, 0) is 11.8 Å². The van der Waals surface area contributed by atoms with Crippen LogP contribution in [0.25, 0.3) is 0 Å². The molecule has 0 aromatic heterocycles. The third-order valence-corrected chi connectivity index (χ3v) is 6.49. The van der Waals surface area contributed by atoms with E-state index in [9.17, 15) is 10.2 Å². The summed E-state index contributed by atoms with van der Waals surface area (Å²) in [5.41, 5.74) is 0.647. The van der Waals surface area contributed by atoms with Gasteiger partial charge in [0, 0.05) is 11.6 Å². The Morgan fingerprint density at radius 3 is 3.00 bits per heavy atom. The van der Waals surface area contributed by atoms with Crippen molar-refractivity contribution < 1.29 is 19.7 Å². The lowest BCUT2D eigenvalue weighted by Gasteiger charge is -2.61. The van der Waals surface area contributed by atoms with Crippen molar-refractivity contribution in [3.8, 4) is 11.5 Å². The summed E-state index contributed by atoms with van der Waals surface area (Å²) in [6.45, 7) is 0.878. The maximum atomic E-state index is 11.7. The van der Waals surface area contributed by atoms with E-state index in [-0.39, 0.29) is 6.04 Å². The minimum absolute atomic E-state index is 0.00190. The first kappa shape index (κ1) is 13.8. The normalized spacial score (nSPS) is 43.0. The molecule has 0 amide bonds. The molecular formula is C18H21NO4. The van der Waals surface area contributed by atoms with Gasteiger partial charge in [-0.1, -0.05) is 18.2 Å². The molecule has 5 atom stereocenters. The van der Waals surface area contributed by atoms with Gasteiger partial charge in [0.05, 0.1) is 12.5 Å². The number of rotatable bonds is 1. The van der Waals surface area contributed by atoms with Crippen molar-refractivity contribution in [3.63, 3.8) is 0 Å². The quantitative estimate of drug-likeness (QED) is 0.744. The maximum absolute atomic E-state index is 11.7. The smallest absolute Gasteiger partial charge is 0.166 e. The van der Waals surface area contributed by atoms with E-state index in [0.29, 0.717) is 11.5 Å². The first-order chi connectivity index (χ1) is 11.0. The van der Waals surface area contributed by atoms with Crippen LogP contribution in [-0.4, -0.2) is 59.7 Å². The Morgan fingerprint density at radius 1 is 1.39 bits per heavy atom. The SMILES string of the molecule is COc1ccc2c3c1O[C@H]1C(O)C=CC4(O)[C@@H](C2)N(C)CC[C@]314. The molecule has 2 aliphatic heterocycles. The van der Waals surface area contributed by atoms with Gasteiger partial charge in [-0.3, -0.25) is 4.90 Å². The van der Waals surface area contributed by atoms with Crippen LogP contribution in [0.5, 0.6) is 11.5 Å². The second-order valence-corrected chi connectivity index (χ2v) is 7.27. The van der Waals surface area contributed by atoms with E-state index in [2.05, 4.69) is 18.0 Å². The number of likely N-dealkylation sites (tertiary alicyclic amines) is 1. The fraction of sp³-hybridized carbons (Fsp3) is 0.556. The lowest BCUT2D eigenvalue weighted by molar-refractivity contribution is -0.151. The molecule has 23 heavy (non-hydrogen) atoms. The lowest BCUT2D eigenvalue weighted by Crippen LogP contribution is -2.75. The molecule has 1 spiro atoms. The third kappa shape index (κ3) is 1.32. The highest BCUT2D eigenvalue weighted by Crippen LogP contribution is 2.63. The second kappa shape index (κ2) is 4.09. The van der Waals surface area contributed by atoms with Crippen molar-refractivity contribution in [2.75, 3.05) is 20.7 Å². The molecule has 4 aliphatic rings. The topological polar surface area (TPSA) is 62.2 Å². The number of aliphatic hydroxyl groups is 2. The largest absolute Gasteiger partial charge is 0.493 e. The lowest BCUT2D eigenvalue weighted by atomic mass is 9.50. The van der Waals surface area contributed by atoms with Gasteiger partial charge in [-0.25, -0.2) is 0 Å². The molecule has 1 aromatic carbocycles. The average Bonchev–Trinajstić information content (AvgIpc) is 2.90. The number of ether oxygens (including phenoxy) is 2. The number of aliphatic hydroxyl groups excluding tert-OH is 1. The molecule has 5 heteroatoms. The Hall–Kier alpha value is -1.56. The zero-order valence-electron chi connectivity index (χ0n) is 13.3. The van der Waals surface area contributed by atoms with Gasteiger partial charge in [-0.15, -0.1) is 0 Å². The fourth-order valence-corrected chi connectivity index (χ4v) is 5.44. The highest BCUT2D eigenvalue weighted by atomic mass is 16.5. The fourth-order valence-electron chi connectivity index (χ4n) is 5.44. The highest BCUT2D eigenvalue weighted by Gasteiger charge is 2.71. The van der Waals surface area contributed by atoms with Gasteiger partial charge in [0.15, 0.2) is 11.5 Å². The average molecular weight is 315 g/mol. The van der Waals surface area contributed by atoms with Gasteiger partial charge in [-0.05, 0) is 38.1 Å². The zero-order valence-corrected chi connectivity index (χ0v) is 13.3. The van der Waals surface area contributed by atoms with Crippen LogP contribution in [0.2, 0.25) is 0 Å². The summed E-state index contributed by atoms with van der Waals surface area (Å²) in [7, 11) is 3.69. The van der Waals surface area contributed by atoms with E-state index in [4.69, 9.17) is 9.47 Å². The summed E-state index contributed by atoms with van der Waals surface area (Å²) in [5, 5.41) is 22.3. The summed E-state index contributed by atoms with van der Waals surface area (Å²) in [4.78, 5) is 2.23. The Balaban J connectivity index is 1.87. The van der Waals surface area contributed by atoms with Gasteiger partial charge < -0.3 is 19.7 Å². The van der Waals surface area contributed by atoms with Crippen LogP contribution in [0.3, 0.4) is 0 Å². The van der Waals surface area contributed by atoms with Crippen LogP contribution in [0.15, 0.2) is 24.3 Å². The Bertz CT molecular complexity index is 732. The summed E-state index contributed by atoms with van der Waals surface area (Å²) >= 11 is 0. The summed E-state index contributed by atoms with van der Waals surface area (Å²) in [5.74, 6) is 1.39. The van der Waals surface area contributed by atoms with Crippen molar-refractivity contribution in [3.05, 3.63) is 35.4 Å². The minimum atomic E-state index is -1.02. The molecule has 2 bridgehead atoms. The molecule has 1 saturated heterocycles. The predicted molar refractivity (Wildman–Crippen MR) is 83.9 cm³/mol. The Labute approximate surface area is 135 Å². The molecule has 5 rings (SSSR count). The van der Waals surface area contributed by atoms with Crippen molar-refractivity contribution in [1.29, 1.82) is 0 Å². The highest BCUT2D eigenvalue weighted by molar-refractivity contribution is 5.64. The van der Waals surface area contributed by atoms with Crippen molar-refractivity contribution in [2.45, 2.75) is 42.1 Å². The number of nitrogens with zero attached hydrogens (tertiary/aromatic N) is 1. The second-order valence-electron chi connectivity index (χ2n) is 7.27. The van der Waals surface area contributed by atoms with E-state index < -0.39 is 23.2 Å². The molecule has 0 saturated carbocycles. The Kier molecular flexibility index (Phi) is 2.46. The van der Waals surface area contributed by atoms with Gasteiger partial charge in [0.1, 0.15) is 17.8 Å². The predicted octanol–water partition coefficient (Wildman–Crippen LogP) is 0.616. The van der Waals surface area contributed by atoms with Crippen LogP contribution in [0.1, 0.15) is 17.5 Å². The molecular weight excluding hydrogens is 294 g/mol. The zero-order chi connectivity index (χ0) is 16.0. The molecule has 2 N–H and O–H groups in total. The van der Waals surface area contributed by atoms with E-state index >= 15 is 0 Å². The van der Waals surface area contributed by atoms with Crippen LogP contribution >= 0.6 is 0 Å². The summed E-state index contributed by atoms with van der Waals surface area (Å²) in [6, 6.07) is 4.02. The van der Waals surface area contributed by atoms with Crippen LogP contribution in [0.4, 0.5) is 0 Å². The van der Waals surface area contributed by atoms with Gasteiger partial charge in [0.25, 0.3) is 0 Å². The number of likely N-dealkylation sites (N-methyl/N-ethyl adjacent to an activating group) is 1. The van der Waals surface area contributed by atoms with E-state index in [0.717, 1.165) is 24.9 Å². The van der Waals surface area contributed by atoms with E-state index in [1.54, 1.807) is 13.2 Å². The third-order valence-electron chi connectivity index (χ3n) is 6.49. The van der Waals surface area contributed by atoms with Gasteiger partial charge in [-0.2, -0.15) is 0 Å². The van der Waals surface area contributed by atoms with E-state index in [1.165, 1.54) is 5.56 Å². The number of piperidine rings is 1. The van der Waals surface area contributed by atoms with Crippen LogP contribution in [0, 0.1) is 0 Å². The first-order valence-electron chi connectivity index (χ1n) is 8.20. The molecule has 122 valence electrons. The number of hydrogen-bond donors (Lipinski definition) is 2. The van der Waals surface area contributed by atoms with Gasteiger partial charge in [0.2, 0.25) is 0 Å². The number of methoxy groups -OCH3 is 1. The van der Waals surface area contributed by atoms with Crippen molar-refractivity contribution >= 4 is 0 Å². The molecule has 1 aromatic rings. The summed E-state index contributed by atoms with van der Waals surface area (Å²) in [6.07, 6.45) is 3.86. The van der Waals surface area contributed by atoms with Gasteiger partial charge >= 0.3 is 0 Å². The van der Waals surface area contributed by atoms with Crippen molar-refractivity contribution in [2.24, 2.45) is 0 Å². The first-order valence-corrected chi connectivity index (χ1v) is 8.20. The number of hydrogen-bond acceptors (Lipinski definition) is 5. The molecule has 2 aliphatic carbocycles. The number of benzene rings is 1. The molecule has 0 radical (unpaired) electrons. The molecule has 5 nitrogen and oxygen atoms in total. The minimum Gasteiger partial charge on any atom is -0.493 e. The molecule has 1 fully saturated rings. The maximum Gasteiger partial charge on any atom is 0.166 e. The molecule has 2 heterocycles.